The third kappa shape index (κ3) is 6.53. The summed E-state index contributed by atoms with van der Waals surface area (Å²) in [4.78, 5) is 44.5. The molecule has 12 heteroatoms. The lowest BCUT2D eigenvalue weighted by atomic mass is 9.86. The van der Waals surface area contributed by atoms with Crippen molar-refractivity contribution in [1.82, 2.24) is 25.1 Å². The number of hydrogen-bond donors (Lipinski definition) is 2. The third-order valence-electron chi connectivity index (χ3n) is 5.97. The van der Waals surface area contributed by atoms with Crippen molar-refractivity contribution >= 4 is 17.8 Å². The van der Waals surface area contributed by atoms with Crippen molar-refractivity contribution in [3.8, 4) is 11.4 Å². The molecule has 2 N–H and O–H groups in total. The Morgan fingerprint density at radius 2 is 1.66 bits per heavy atom. The van der Waals surface area contributed by atoms with Gasteiger partial charge in [-0.15, -0.1) is 0 Å². The number of benzene rings is 1. The van der Waals surface area contributed by atoms with Crippen LogP contribution in [0.3, 0.4) is 0 Å². The minimum atomic E-state index is -1.35. The van der Waals surface area contributed by atoms with Crippen LogP contribution in [-0.2, 0) is 27.4 Å². The molecule has 1 unspecified atom stereocenters. The number of carbonyl (C=O) groups is 3. The average Bonchev–Trinajstić information content (AvgIpc) is 3.15. The summed E-state index contributed by atoms with van der Waals surface area (Å²) in [6, 6.07) is 0.185. The number of nitrogens with zero attached hydrogens (tertiary/aromatic N) is 3. The summed E-state index contributed by atoms with van der Waals surface area (Å²) in [6.45, 7) is 11.1. The number of rotatable bonds is 6. The fraction of sp³-hybridized carbons (Fsp3) is 0.538. The van der Waals surface area contributed by atoms with Crippen molar-refractivity contribution in [2.45, 2.75) is 66.3 Å². The van der Waals surface area contributed by atoms with Crippen molar-refractivity contribution in [2.24, 2.45) is 5.41 Å². The number of esters is 1. The van der Waals surface area contributed by atoms with Crippen LogP contribution in [0.15, 0.2) is 12.1 Å². The number of likely N-dealkylation sites (N-methyl/N-ethyl adjacent to an activating group) is 1. The largest absolute Gasteiger partial charge is 0.459 e. The number of aromatic nitrogens is 2. The van der Waals surface area contributed by atoms with Gasteiger partial charge in [0.05, 0.1) is 17.8 Å². The summed E-state index contributed by atoms with van der Waals surface area (Å²) in [7, 11) is 1.45. The normalized spacial score (nSPS) is 15.0. The molecule has 1 aromatic heterocycles. The molecule has 2 aromatic rings. The lowest BCUT2D eigenvalue weighted by Gasteiger charge is -2.31. The van der Waals surface area contributed by atoms with Gasteiger partial charge in [0.15, 0.2) is 17.3 Å². The van der Waals surface area contributed by atoms with Gasteiger partial charge in [-0.1, -0.05) is 20.8 Å². The monoisotopic (exact) mass is 537 g/mol. The molecule has 0 spiro atoms. The highest BCUT2D eigenvalue weighted by Crippen LogP contribution is 2.30. The SMILES string of the molecule is CNC(=O)C(NC(=O)c1nc(-c2cc(F)c(F)cc2F)n2c1CN(CC(=O)OC(C)(C)C)CC2)C(C)(C)C. The summed E-state index contributed by atoms with van der Waals surface area (Å²) in [5.74, 6) is -5.31. The van der Waals surface area contributed by atoms with E-state index in [1.807, 2.05) is 0 Å². The molecule has 0 saturated carbocycles. The maximum atomic E-state index is 14.7. The summed E-state index contributed by atoms with van der Waals surface area (Å²) in [6.07, 6.45) is 0. The molecule has 2 amide bonds. The van der Waals surface area contributed by atoms with Crippen LogP contribution in [0.25, 0.3) is 11.4 Å². The van der Waals surface area contributed by atoms with Crippen LogP contribution < -0.4 is 10.6 Å². The van der Waals surface area contributed by atoms with Crippen LogP contribution >= 0.6 is 0 Å². The van der Waals surface area contributed by atoms with E-state index in [9.17, 15) is 27.6 Å². The second-order valence-electron chi connectivity index (χ2n) is 11.3. The molecule has 1 aromatic carbocycles. The second kappa shape index (κ2) is 10.8. The molecule has 208 valence electrons. The van der Waals surface area contributed by atoms with E-state index in [2.05, 4.69) is 15.6 Å². The van der Waals surface area contributed by atoms with Crippen molar-refractivity contribution in [1.29, 1.82) is 0 Å². The first kappa shape index (κ1) is 29.2. The van der Waals surface area contributed by atoms with Gasteiger partial charge in [0.2, 0.25) is 5.91 Å². The maximum Gasteiger partial charge on any atom is 0.320 e. The fourth-order valence-corrected chi connectivity index (χ4v) is 4.21. The van der Waals surface area contributed by atoms with Gasteiger partial charge >= 0.3 is 5.97 Å². The molecule has 0 bridgehead atoms. The molecular formula is C26H34F3N5O4. The molecular weight excluding hydrogens is 503 g/mol. The van der Waals surface area contributed by atoms with Crippen molar-refractivity contribution in [2.75, 3.05) is 20.1 Å². The predicted molar refractivity (Wildman–Crippen MR) is 133 cm³/mol. The lowest BCUT2D eigenvalue weighted by molar-refractivity contribution is -0.156. The molecule has 38 heavy (non-hydrogen) atoms. The molecule has 3 rings (SSSR count). The molecule has 2 heterocycles. The zero-order valence-corrected chi connectivity index (χ0v) is 22.7. The van der Waals surface area contributed by atoms with Crippen molar-refractivity contribution in [3.05, 3.63) is 41.0 Å². The second-order valence-corrected chi connectivity index (χ2v) is 11.3. The topological polar surface area (TPSA) is 106 Å². The molecule has 1 aliphatic rings. The Kier molecular flexibility index (Phi) is 8.25. The van der Waals surface area contributed by atoms with Gasteiger partial charge in [-0.2, -0.15) is 0 Å². The van der Waals surface area contributed by atoms with Gasteiger partial charge in [-0.3, -0.25) is 19.3 Å². The fourth-order valence-electron chi connectivity index (χ4n) is 4.21. The Balaban J connectivity index is 2.04. The number of imidazole rings is 1. The number of amides is 2. The lowest BCUT2D eigenvalue weighted by Crippen LogP contribution is -2.53. The van der Waals surface area contributed by atoms with Crippen LogP contribution in [0.5, 0.6) is 0 Å². The summed E-state index contributed by atoms with van der Waals surface area (Å²) < 4.78 is 49.3. The minimum absolute atomic E-state index is 0.0641. The van der Waals surface area contributed by atoms with Gasteiger partial charge in [0.1, 0.15) is 23.3 Å². The Morgan fingerprint density at radius 3 is 2.24 bits per heavy atom. The highest BCUT2D eigenvalue weighted by atomic mass is 19.2. The first-order valence-electron chi connectivity index (χ1n) is 12.2. The van der Waals surface area contributed by atoms with Gasteiger partial charge in [0, 0.05) is 32.7 Å². The van der Waals surface area contributed by atoms with Gasteiger partial charge in [-0.05, 0) is 32.3 Å². The molecule has 9 nitrogen and oxygen atoms in total. The average molecular weight is 538 g/mol. The highest BCUT2D eigenvalue weighted by molar-refractivity contribution is 5.98. The maximum absolute atomic E-state index is 14.7. The van der Waals surface area contributed by atoms with E-state index in [4.69, 9.17) is 4.74 Å². The number of nitrogens with one attached hydrogen (secondary N) is 2. The molecule has 0 fully saturated rings. The minimum Gasteiger partial charge on any atom is -0.459 e. The Labute approximate surface area is 219 Å². The molecule has 0 saturated heterocycles. The molecule has 1 atom stereocenters. The van der Waals surface area contributed by atoms with Crippen LogP contribution in [0.2, 0.25) is 0 Å². The summed E-state index contributed by atoms with van der Waals surface area (Å²) in [5.41, 5.74) is -1.44. The third-order valence-corrected chi connectivity index (χ3v) is 5.97. The predicted octanol–water partition coefficient (Wildman–Crippen LogP) is 3.02. The number of ether oxygens (including phenoxy) is 1. The zero-order valence-electron chi connectivity index (χ0n) is 22.7. The van der Waals surface area contributed by atoms with E-state index in [1.54, 1.807) is 51.0 Å². The van der Waals surface area contributed by atoms with Gasteiger partial charge in [-0.25, -0.2) is 18.2 Å². The zero-order chi connectivity index (χ0) is 28.6. The Hall–Kier alpha value is -3.41. The van der Waals surface area contributed by atoms with Gasteiger partial charge in [0.25, 0.3) is 5.91 Å². The Morgan fingerprint density at radius 1 is 1.03 bits per heavy atom. The highest BCUT2D eigenvalue weighted by Gasteiger charge is 2.36. The van der Waals surface area contributed by atoms with Gasteiger partial charge < -0.3 is 19.9 Å². The van der Waals surface area contributed by atoms with E-state index < -0.39 is 52.3 Å². The van der Waals surface area contributed by atoms with Crippen LogP contribution in [-0.4, -0.2) is 64.0 Å². The molecule has 1 aliphatic heterocycles. The van der Waals surface area contributed by atoms with Crippen LogP contribution in [0.1, 0.15) is 57.7 Å². The quantitative estimate of drug-likeness (QED) is 0.434. The van der Waals surface area contributed by atoms with E-state index in [-0.39, 0.29) is 36.7 Å². The van der Waals surface area contributed by atoms with E-state index in [0.29, 0.717) is 24.4 Å². The van der Waals surface area contributed by atoms with E-state index >= 15 is 0 Å². The van der Waals surface area contributed by atoms with Crippen molar-refractivity contribution in [3.63, 3.8) is 0 Å². The number of fused-ring (bicyclic) bond motifs is 1. The van der Waals surface area contributed by atoms with E-state index in [1.165, 1.54) is 7.05 Å². The van der Waals surface area contributed by atoms with Crippen LogP contribution in [0.4, 0.5) is 13.2 Å². The summed E-state index contributed by atoms with van der Waals surface area (Å²) >= 11 is 0. The standard InChI is InChI=1S/C26H34F3N5O4/c1-25(2,3)21(24(37)30-7)32-23(36)20-18-12-33(13-19(35)38-26(4,5)6)8-9-34(18)22(31-20)14-10-16(28)17(29)11-15(14)27/h10-11,21H,8-9,12-13H2,1-7H3,(H,30,37)(H,32,36). The number of halogens is 3. The number of carbonyl (C=O) groups excluding carboxylic acids is 3. The first-order chi connectivity index (χ1) is 17.5. The summed E-state index contributed by atoms with van der Waals surface area (Å²) in [5, 5.41) is 5.22. The molecule has 0 aliphatic carbocycles. The Bertz CT molecular complexity index is 1250. The molecule has 0 radical (unpaired) electrons. The van der Waals surface area contributed by atoms with E-state index in [0.717, 1.165) is 0 Å². The van der Waals surface area contributed by atoms with Crippen molar-refractivity contribution < 1.29 is 32.3 Å². The van der Waals surface area contributed by atoms with Crippen LogP contribution in [0, 0.1) is 22.9 Å². The smallest absolute Gasteiger partial charge is 0.320 e. The number of hydrogen-bond acceptors (Lipinski definition) is 6. The first-order valence-corrected chi connectivity index (χ1v) is 12.2.